The largest absolute Gasteiger partial charge is 0.325 e. The number of carbonyl (C=O) groups is 1. The number of urea groups is 1. The molecule has 1 atom stereocenters. The molecule has 0 aliphatic carbocycles. The van der Waals surface area contributed by atoms with Crippen molar-refractivity contribution < 1.29 is 9.72 Å². The van der Waals surface area contributed by atoms with Gasteiger partial charge in [-0.3, -0.25) is 15.1 Å². The third-order valence-corrected chi connectivity index (χ3v) is 4.06. The molecule has 1 N–H and O–H groups in total. The Balaban J connectivity index is 2.04. The first-order valence-corrected chi connectivity index (χ1v) is 7.56. The van der Waals surface area contributed by atoms with Crippen molar-refractivity contribution in [1.82, 2.24) is 9.88 Å². The average Bonchev–Trinajstić information content (AvgIpc) is 2.99. The summed E-state index contributed by atoms with van der Waals surface area (Å²) in [6, 6.07) is 3.00. The summed E-state index contributed by atoms with van der Waals surface area (Å²) in [7, 11) is 1.67. The molecule has 7 nitrogen and oxygen atoms in total. The van der Waals surface area contributed by atoms with Gasteiger partial charge in [0.25, 0.3) is 0 Å². The number of pyridine rings is 1. The number of rotatable bonds is 5. The maximum Gasteiger partial charge on any atom is 0.322 e. The number of nitrogens with one attached hydrogen (secondary N) is 1. The Bertz CT molecular complexity index is 660. The highest BCUT2D eigenvalue weighted by Crippen LogP contribution is 2.22. The Kier molecular flexibility index (Phi) is 5.05. The van der Waals surface area contributed by atoms with Crippen LogP contribution in [0.3, 0.4) is 0 Å². The van der Waals surface area contributed by atoms with Gasteiger partial charge in [0.15, 0.2) is 0 Å². The third kappa shape index (κ3) is 3.79. The molecule has 0 unspecified atom stereocenters. The summed E-state index contributed by atoms with van der Waals surface area (Å²) in [5.41, 5.74) is 1.07. The van der Waals surface area contributed by atoms with Gasteiger partial charge in [-0.1, -0.05) is 0 Å². The summed E-state index contributed by atoms with van der Waals surface area (Å²) in [6.45, 7) is 1.93. The SMILES string of the molecule is C[C@@H](Cc1ccsc1)N(C)C(=O)Nc1ccncc1[N+](=O)[O-]. The zero-order chi connectivity index (χ0) is 16.1. The molecule has 22 heavy (non-hydrogen) atoms. The second-order valence-corrected chi connectivity index (χ2v) is 5.66. The number of anilines is 1. The Labute approximate surface area is 131 Å². The van der Waals surface area contributed by atoms with Crippen molar-refractivity contribution >= 4 is 28.7 Å². The first-order chi connectivity index (χ1) is 10.5. The van der Waals surface area contributed by atoms with E-state index in [4.69, 9.17) is 0 Å². The van der Waals surface area contributed by atoms with Crippen molar-refractivity contribution in [3.8, 4) is 0 Å². The van der Waals surface area contributed by atoms with Gasteiger partial charge in [0.1, 0.15) is 11.9 Å². The molecule has 0 spiro atoms. The molecule has 0 bridgehead atoms. The van der Waals surface area contributed by atoms with E-state index < -0.39 is 11.0 Å². The van der Waals surface area contributed by atoms with Gasteiger partial charge in [0, 0.05) is 19.3 Å². The van der Waals surface area contributed by atoms with Crippen molar-refractivity contribution in [3.63, 3.8) is 0 Å². The second kappa shape index (κ2) is 6.99. The fourth-order valence-corrected chi connectivity index (χ4v) is 2.61. The van der Waals surface area contributed by atoms with Crippen LogP contribution in [0.1, 0.15) is 12.5 Å². The number of hydrogen-bond donors (Lipinski definition) is 1. The van der Waals surface area contributed by atoms with E-state index in [-0.39, 0.29) is 17.4 Å². The fourth-order valence-electron chi connectivity index (χ4n) is 1.93. The molecule has 2 aromatic heterocycles. The highest BCUT2D eigenvalue weighted by Gasteiger charge is 2.20. The highest BCUT2D eigenvalue weighted by molar-refractivity contribution is 7.07. The number of carbonyl (C=O) groups excluding carboxylic acids is 1. The minimum absolute atomic E-state index is 0.0320. The summed E-state index contributed by atoms with van der Waals surface area (Å²) < 4.78 is 0. The molecule has 0 radical (unpaired) electrons. The molecule has 0 aliphatic heterocycles. The number of nitrogens with zero attached hydrogens (tertiary/aromatic N) is 3. The van der Waals surface area contributed by atoms with Gasteiger partial charge in [-0.05, 0) is 41.8 Å². The quantitative estimate of drug-likeness (QED) is 0.677. The lowest BCUT2D eigenvalue weighted by molar-refractivity contribution is -0.384. The zero-order valence-corrected chi connectivity index (χ0v) is 13.0. The fraction of sp³-hybridized carbons (Fsp3) is 0.286. The van der Waals surface area contributed by atoms with E-state index in [1.165, 1.54) is 17.2 Å². The molecule has 2 heterocycles. The second-order valence-electron chi connectivity index (χ2n) is 4.88. The summed E-state index contributed by atoms with van der Waals surface area (Å²) >= 11 is 1.61. The first kappa shape index (κ1) is 15.9. The molecule has 0 saturated heterocycles. The summed E-state index contributed by atoms with van der Waals surface area (Å²) in [4.78, 5) is 27.8. The van der Waals surface area contributed by atoms with Crippen LogP contribution < -0.4 is 5.32 Å². The van der Waals surface area contributed by atoms with Gasteiger partial charge in [-0.25, -0.2) is 4.79 Å². The summed E-state index contributed by atoms with van der Waals surface area (Å²) in [5, 5.41) is 17.5. The number of hydrogen-bond acceptors (Lipinski definition) is 5. The lowest BCUT2D eigenvalue weighted by atomic mass is 10.1. The predicted octanol–water partition coefficient (Wildman–Crippen LogP) is 3.15. The maximum atomic E-state index is 12.2. The van der Waals surface area contributed by atoms with Gasteiger partial charge in [-0.2, -0.15) is 11.3 Å². The normalized spacial score (nSPS) is 11.7. The average molecular weight is 320 g/mol. The van der Waals surface area contributed by atoms with Gasteiger partial charge >= 0.3 is 11.7 Å². The predicted molar refractivity (Wildman–Crippen MR) is 85.2 cm³/mol. The zero-order valence-electron chi connectivity index (χ0n) is 12.2. The Hall–Kier alpha value is -2.48. The number of thiophene rings is 1. The molecule has 116 valence electrons. The van der Waals surface area contributed by atoms with E-state index in [1.54, 1.807) is 18.4 Å². The smallest absolute Gasteiger partial charge is 0.322 e. The van der Waals surface area contributed by atoms with Crippen molar-refractivity contribution in [3.05, 3.63) is 51.0 Å². The van der Waals surface area contributed by atoms with Crippen LogP contribution in [-0.2, 0) is 6.42 Å². The number of likely N-dealkylation sites (N-methyl/N-ethyl adjacent to an activating group) is 1. The van der Waals surface area contributed by atoms with Gasteiger partial charge < -0.3 is 10.2 Å². The molecule has 0 saturated carbocycles. The molecule has 0 aliphatic rings. The topological polar surface area (TPSA) is 88.4 Å². The molecule has 0 aromatic carbocycles. The Morgan fingerprint density at radius 2 is 2.32 bits per heavy atom. The molecule has 2 aromatic rings. The monoisotopic (exact) mass is 320 g/mol. The van der Waals surface area contributed by atoms with Crippen LogP contribution in [0.5, 0.6) is 0 Å². The molecule has 0 fully saturated rings. The lowest BCUT2D eigenvalue weighted by Gasteiger charge is -2.25. The molecule has 2 amide bonds. The van der Waals surface area contributed by atoms with Gasteiger partial charge in [-0.15, -0.1) is 0 Å². The van der Waals surface area contributed by atoms with E-state index in [0.29, 0.717) is 0 Å². The molecule has 2 rings (SSSR count). The molecular formula is C14H16N4O3S. The number of amides is 2. The minimum Gasteiger partial charge on any atom is -0.325 e. The number of nitro groups is 1. The lowest BCUT2D eigenvalue weighted by Crippen LogP contribution is -2.39. The Morgan fingerprint density at radius 3 is 2.95 bits per heavy atom. The van der Waals surface area contributed by atoms with Crippen molar-refractivity contribution in [2.24, 2.45) is 0 Å². The van der Waals surface area contributed by atoms with Crippen LogP contribution in [0.15, 0.2) is 35.3 Å². The van der Waals surface area contributed by atoms with Crippen LogP contribution in [0.4, 0.5) is 16.2 Å². The van der Waals surface area contributed by atoms with Crippen molar-refractivity contribution in [2.75, 3.05) is 12.4 Å². The third-order valence-electron chi connectivity index (χ3n) is 3.33. The molecular weight excluding hydrogens is 304 g/mol. The van der Waals surface area contributed by atoms with Crippen LogP contribution in [0.25, 0.3) is 0 Å². The van der Waals surface area contributed by atoms with Crippen LogP contribution >= 0.6 is 11.3 Å². The van der Waals surface area contributed by atoms with Gasteiger partial charge in [0.05, 0.1) is 4.92 Å². The van der Waals surface area contributed by atoms with E-state index in [0.717, 1.165) is 18.2 Å². The van der Waals surface area contributed by atoms with Gasteiger partial charge in [0.2, 0.25) is 0 Å². The van der Waals surface area contributed by atoms with Crippen molar-refractivity contribution in [2.45, 2.75) is 19.4 Å². The maximum absolute atomic E-state index is 12.2. The highest BCUT2D eigenvalue weighted by atomic mass is 32.1. The van der Waals surface area contributed by atoms with Crippen LogP contribution in [-0.4, -0.2) is 33.9 Å². The summed E-state index contributed by atoms with van der Waals surface area (Å²) in [5.74, 6) is 0. The van der Waals surface area contributed by atoms with Crippen LogP contribution in [0, 0.1) is 10.1 Å². The minimum atomic E-state index is -0.572. The standard InChI is InChI=1S/C14H16N4O3S/c1-10(7-11-4-6-22-9-11)17(2)14(19)16-12-3-5-15-8-13(12)18(20)21/h3-6,8-10H,7H2,1-2H3,(H,15,16,19)/t10-/m0/s1. The van der Waals surface area contributed by atoms with E-state index in [1.807, 2.05) is 23.8 Å². The Morgan fingerprint density at radius 1 is 1.55 bits per heavy atom. The first-order valence-electron chi connectivity index (χ1n) is 6.62. The summed E-state index contributed by atoms with van der Waals surface area (Å²) in [6.07, 6.45) is 3.24. The number of aromatic nitrogens is 1. The van der Waals surface area contributed by atoms with Crippen molar-refractivity contribution in [1.29, 1.82) is 0 Å². The molecule has 8 heteroatoms. The van der Waals surface area contributed by atoms with E-state index >= 15 is 0 Å². The van der Waals surface area contributed by atoms with E-state index in [9.17, 15) is 14.9 Å². The van der Waals surface area contributed by atoms with Crippen LogP contribution in [0.2, 0.25) is 0 Å². The van der Waals surface area contributed by atoms with E-state index in [2.05, 4.69) is 10.3 Å².